The molecular weight excluding hydrogens is 394 g/mol. The normalized spacial score (nSPS) is 19.0. The van der Waals surface area contributed by atoms with Crippen LogP contribution in [-0.4, -0.2) is 48.4 Å². The molecule has 1 atom stereocenters. The lowest BCUT2D eigenvalue weighted by molar-refractivity contribution is -0.182. The molecule has 5 nitrogen and oxygen atoms in total. The third-order valence-corrected chi connectivity index (χ3v) is 5.44. The van der Waals surface area contributed by atoms with Crippen molar-refractivity contribution in [1.82, 2.24) is 4.90 Å². The van der Waals surface area contributed by atoms with Crippen LogP contribution in [0.4, 0.5) is 10.1 Å². The monoisotopic (exact) mass is 426 g/mol. The number of rotatable bonds is 7. The summed E-state index contributed by atoms with van der Waals surface area (Å²) >= 11 is 0. The van der Waals surface area contributed by atoms with E-state index in [1.165, 1.54) is 0 Å². The van der Waals surface area contributed by atoms with E-state index in [0.29, 0.717) is 28.9 Å². The molecule has 0 aliphatic carbocycles. The van der Waals surface area contributed by atoms with Gasteiger partial charge in [0.15, 0.2) is 0 Å². The molecule has 2 N–H and O–H groups in total. The van der Waals surface area contributed by atoms with Crippen molar-refractivity contribution >= 4 is 19.8 Å². The standard InChI is InChI=1S/C24H32BFN2O3/c1-23(2)14-28(15-24(3,4)31-23)12-16-8-9-17(19(26)10-16)11-27-20-7-5-6-18(13-29)21(20)22(25)30/h5-10,13,22,27,30H,11-12,14-15,25H2,1-4H3. The summed E-state index contributed by atoms with van der Waals surface area (Å²) in [5.41, 5.74) is 2.52. The van der Waals surface area contributed by atoms with Crippen LogP contribution in [0, 0.1) is 5.82 Å². The van der Waals surface area contributed by atoms with E-state index in [2.05, 4.69) is 37.9 Å². The summed E-state index contributed by atoms with van der Waals surface area (Å²) in [7, 11) is 1.61. The zero-order valence-corrected chi connectivity index (χ0v) is 19.0. The van der Waals surface area contributed by atoms with Gasteiger partial charge in [-0.15, -0.1) is 0 Å². The molecule has 3 rings (SSSR count). The summed E-state index contributed by atoms with van der Waals surface area (Å²) in [6, 6.07) is 9.70. The number of benzene rings is 2. The van der Waals surface area contributed by atoms with E-state index in [1.54, 1.807) is 38.2 Å². The van der Waals surface area contributed by atoms with Gasteiger partial charge in [0.1, 0.15) is 19.9 Å². The average molecular weight is 426 g/mol. The zero-order valence-electron chi connectivity index (χ0n) is 19.0. The molecular formula is C24H32BFN2O3. The Kier molecular flexibility index (Phi) is 6.89. The highest BCUT2D eigenvalue weighted by Gasteiger charge is 2.37. The first-order valence-electron chi connectivity index (χ1n) is 10.7. The molecule has 0 radical (unpaired) electrons. The van der Waals surface area contributed by atoms with E-state index in [9.17, 15) is 14.3 Å². The highest BCUT2D eigenvalue weighted by atomic mass is 19.1. The number of halogens is 1. The van der Waals surface area contributed by atoms with Gasteiger partial charge in [0.25, 0.3) is 0 Å². The van der Waals surface area contributed by atoms with Crippen LogP contribution in [0.15, 0.2) is 36.4 Å². The quantitative estimate of drug-likeness (QED) is 0.526. The molecule has 1 aliphatic heterocycles. The Morgan fingerprint density at radius 1 is 1.23 bits per heavy atom. The van der Waals surface area contributed by atoms with E-state index >= 15 is 0 Å². The molecule has 0 aromatic heterocycles. The number of morpholine rings is 1. The zero-order chi connectivity index (χ0) is 22.8. The molecule has 0 saturated carbocycles. The van der Waals surface area contributed by atoms with Gasteiger partial charge in [0.2, 0.25) is 0 Å². The first kappa shape index (κ1) is 23.4. The topological polar surface area (TPSA) is 61.8 Å². The summed E-state index contributed by atoms with van der Waals surface area (Å²) in [5.74, 6) is -0.276. The number of aliphatic hydroxyl groups excluding tert-OH is 1. The molecule has 166 valence electrons. The molecule has 1 unspecified atom stereocenters. The van der Waals surface area contributed by atoms with E-state index in [4.69, 9.17) is 4.74 Å². The summed E-state index contributed by atoms with van der Waals surface area (Å²) in [6.45, 7) is 10.8. The molecule has 1 fully saturated rings. The van der Waals surface area contributed by atoms with Crippen LogP contribution in [0.3, 0.4) is 0 Å². The van der Waals surface area contributed by atoms with Gasteiger partial charge in [-0.3, -0.25) is 9.69 Å². The van der Waals surface area contributed by atoms with Crippen LogP contribution in [-0.2, 0) is 17.8 Å². The minimum absolute atomic E-state index is 0.248. The Bertz CT molecular complexity index is 930. The van der Waals surface area contributed by atoms with Gasteiger partial charge in [-0.2, -0.15) is 0 Å². The molecule has 1 saturated heterocycles. The van der Waals surface area contributed by atoms with Crippen LogP contribution in [0.5, 0.6) is 0 Å². The lowest BCUT2D eigenvalue weighted by Crippen LogP contribution is -2.56. The maximum Gasteiger partial charge on any atom is 0.150 e. The highest BCUT2D eigenvalue weighted by Crippen LogP contribution is 2.29. The van der Waals surface area contributed by atoms with Crippen LogP contribution in [0.1, 0.15) is 60.7 Å². The lowest BCUT2D eigenvalue weighted by atomic mass is 9.88. The Hall–Kier alpha value is -2.22. The Labute approximate surface area is 185 Å². The number of aldehydes is 1. The van der Waals surface area contributed by atoms with Crippen LogP contribution in [0.25, 0.3) is 0 Å². The number of anilines is 1. The number of ether oxygens (including phenoxy) is 1. The molecule has 7 heteroatoms. The number of hydrogen-bond donors (Lipinski definition) is 2. The number of carbonyl (C=O) groups is 1. The van der Waals surface area contributed by atoms with Crippen molar-refractivity contribution in [1.29, 1.82) is 0 Å². The number of hydrogen-bond acceptors (Lipinski definition) is 5. The van der Waals surface area contributed by atoms with E-state index in [1.807, 2.05) is 6.07 Å². The van der Waals surface area contributed by atoms with Crippen molar-refractivity contribution < 1.29 is 19.0 Å². The van der Waals surface area contributed by atoms with Crippen LogP contribution >= 0.6 is 0 Å². The van der Waals surface area contributed by atoms with E-state index in [0.717, 1.165) is 24.9 Å². The molecule has 2 aromatic rings. The molecule has 31 heavy (non-hydrogen) atoms. The fourth-order valence-corrected chi connectivity index (χ4v) is 4.64. The Morgan fingerprint density at radius 2 is 1.90 bits per heavy atom. The van der Waals surface area contributed by atoms with E-state index < -0.39 is 6.00 Å². The molecule has 1 aliphatic rings. The van der Waals surface area contributed by atoms with Gasteiger partial charge >= 0.3 is 0 Å². The largest absolute Gasteiger partial charge is 0.398 e. The van der Waals surface area contributed by atoms with Crippen molar-refractivity contribution in [3.05, 3.63) is 64.5 Å². The maximum atomic E-state index is 14.8. The lowest BCUT2D eigenvalue weighted by Gasteiger charge is -2.47. The molecule has 2 aromatic carbocycles. The van der Waals surface area contributed by atoms with Gasteiger partial charge in [-0.05, 0) is 45.4 Å². The minimum atomic E-state index is -0.807. The van der Waals surface area contributed by atoms with Crippen molar-refractivity contribution in [2.75, 3.05) is 18.4 Å². The first-order chi connectivity index (χ1) is 14.5. The SMILES string of the molecule is BC(O)c1c(C=O)cccc1NCc1ccc(CN2CC(C)(C)OC(C)(C)C2)cc1F. The molecule has 0 amide bonds. The van der Waals surface area contributed by atoms with Gasteiger partial charge in [-0.25, -0.2) is 4.39 Å². The fraction of sp³-hybridized carbons (Fsp3) is 0.458. The first-order valence-corrected chi connectivity index (χ1v) is 10.7. The van der Waals surface area contributed by atoms with Crippen molar-refractivity contribution in [2.45, 2.75) is 58.0 Å². The van der Waals surface area contributed by atoms with E-state index in [-0.39, 0.29) is 23.6 Å². The van der Waals surface area contributed by atoms with Crippen molar-refractivity contribution in [3.8, 4) is 0 Å². The predicted molar refractivity (Wildman–Crippen MR) is 124 cm³/mol. The van der Waals surface area contributed by atoms with Crippen molar-refractivity contribution in [2.24, 2.45) is 0 Å². The second kappa shape index (κ2) is 9.11. The minimum Gasteiger partial charge on any atom is -0.398 e. The Morgan fingerprint density at radius 3 is 2.48 bits per heavy atom. The number of carbonyl (C=O) groups excluding carboxylic acids is 1. The Balaban J connectivity index is 1.70. The second-order valence-corrected chi connectivity index (χ2v) is 9.65. The van der Waals surface area contributed by atoms with Crippen LogP contribution < -0.4 is 5.32 Å². The molecule has 0 spiro atoms. The number of aliphatic hydroxyl groups is 1. The molecule has 1 heterocycles. The molecule has 0 bridgehead atoms. The average Bonchev–Trinajstić information content (AvgIpc) is 2.64. The number of nitrogens with one attached hydrogen (secondary N) is 1. The van der Waals surface area contributed by atoms with Gasteiger partial charge in [0.05, 0.1) is 11.2 Å². The summed E-state index contributed by atoms with van der Waals surface area (Å²) < 4.78 is 21.0. The third-order valence-electron chi connectivity index (χ3n) is 5.44. The highest BCUT2D eigenvalue weighted by molar-refractivity contribution is 6.12. The summed E-state index contributed by atoms with van der Waals surface area (Å²) in [5, 5.41) is 13.2. The van der Waals surface area contributed by atoms with Gasteiger partial charge in [-0.1, -0.05) is 24.3 Å². The van der Waals surface area contributed by atoms with Gasteiger partial charge in [0, 0.05) is 54.6 Å². The maximum absolute atomic E-state index is 14.8. The number of nitrogens with zero attached hydrogens (tertiary/aromatic N) is 1. The van der Waals surface area contributed by atoms with Gasteiger partial charge < -0.3 is 15.2 Å². The summed E-state index contributed by atoms with van der Waals surface area (Å²) in [6.07, 6.45) is 0.719. The predicted octanol–water partition coefficient (Wildman–Crippen LogP) is 3.26. The smallest absolute Gasteiger partial charge is 0.150 e. The van der Waals surface area contributed by atoms with Crippen LogP contribution in [0.2, 0.25) is 0 Å². The third kappa shape index (κ3) is 5.94. The second-order valence-electron chi connectivity index (χ2n) is 9.65. The summed E-state index contributed by atoms with van der Waals surface area (Å²) in [4.78, 5) is 13.6. The van der Waals surface area contributed by atoms with Crippen molar-refractivity contribution in [3.63, 3.8) is 0 Å². The fourth-order valence-electron chi connectivity index (χ4n) is 4.64.